The van der Waals surface area contributed by atoms with Gasteiger partial charge in [0.1, 0.15) is 5.75 Å². The normalized spacial score (nSPS) is 25.4. The van der Waals surface area contributed by atoms with E-state index in [2.05, 4.69) is 24.2 Å². The van der Waals surface area contributed by atoms with Gasteiger partial charge in [-0.15, -0.1) is 0 Å². The average Bonchev–Trinajstić information content (AvgIpc) is 2.85. The molecule has 1 heterocycles. The van der Waals surface area contributed by atoms with Gasteiger partial charge < -0.3 is 15.0 Å². The molecule has 5 nitrogen and oxygen atoms in total. The predicted octanol–water partition coefficient (Wildman–Crippen LogP) is 4.54. The molecule has 2 fully saturated rings. The van der Waals surface area contributed by atoms with Gasteiger partial charge in [0.2, 0.25) is 5.91 Å². The minimum Gasteiger partial charge on any atom is -0.497 e. The first-order valence-corrected chi connectivity index (χ1v) is 10.9. The van der Waals surface area contributed by atoms with E-state index in [9.17, 15) is 4.79 Å². The molecule has 1 amide bonds. The third-order valence-electron chi connectivity index (χ3n) is 5.52. The number of amidine groups is 1. The van der Waals surface area contributed by atoms with E-state index in [0.717, 1.165) is 16.6 Å². The van der Waals surface area contributed by atoms with Crippen molar-refractivity contribution in [3.63, 3.8) is 0 Å². The van der Waals surface area contributed by atoms with E-state index in [1.54, 1.807) is 7.11 Å². The summed E-state index contributed by atoms with van der Waals surface area (Å²) in [7, 11) is 3.72. The third kappa shape index (κ3) is 5.41. The van der Waals surface area contributed by atoms with Crippen LogP contribution in [0.25, 0.3) is 0 Å². The molecule has 1 saturated heterocycles. The molecule has 2 aliphatic rings. The molecule has 1 saturated carbocycles. The molecule has 1 aliphatic heterocycles. The summed E-state index contributed by atoms with van der Waals surface area (Å²) in [6.45, 7) is 2.20. The Hall–Kier alpha value is -1.69. The van der Waals surface area contributed by atoms with Crippen molar-refractivity contribution in [3.05, 3.63) is 24.3 Å². The molecule has 1 aromatic carbocycles. The highest BCUT2D eigenvalue weighted by Gasteiger charge is 2.35. The van der Waals surface area contributed by atoms with Crippen molar-refractivity contribution in [3.8, 4) is 5.75 Å². The number of thioether (sulfide) groups is 1. The van der Waals surface area contributed by atoms with Crippen molar-refractivity contribution >= 4 is 28.5 Å². The second-order valence-corrected chi connectivity index (χ2v) is 8.88. The van der Waals surface area contributed by atoms with Crippen LogP contribution in [0.15, 0.2) is 29.3 Å². The Morgan fingerprint density at radius 3 is 2.52 bits per heavy atom. The topological polar surface area (TPSA) is 53.9 Å². The summed E-state index contributed by atoms with van der Waals surface area (Å²) in [5.74, 6) is 0.827. The van der Waals surface area contributed by atoms with Crippen molar-refractivity contribution in [1.29, 1.82) is 0 Å². The lowest BCUT2D eigenvalue weighted by Crippen LogP contribution is -2.36. The van der Waals surface area contributed by atoms with Crippen LogP contribution in [0.2, 0.25) is 0 Å². The van der Waals surface area contributed by atoms with E-state index >= 15 is 0 Å². The second kappa shape index (κ2) is 9.49. The number of anilines is 1. The summed E-state index contributed by atoms with van der Waals surface area (Å²) >= 11 is 1.81. The van der Waals surface area contributed by atoms with E-state index in [4.69, 9.17) is 9.73 Å². The van der Waals surface area contributed by atoms with Crippen molar-refractivity contribution in [2.75, 3.05) is 19.5 Å². The monoisotopic (exact) mass is 389 g/mol. The summed E-state index contributed by atoms with van der Waals surface area (Å²) in [5.41, 5.74) is 0.800. The quantitative estimate of drug-likeness (QED) is 0.751. The first kappa shape index (κ1) is 20.1. The smallest absolute Gasteiger partial charge is 0.226 e. The fourth-order valence-electron chi connectivity index (χ4n) is 3.83. The number of carbonyl (C=O) groups is 1. The number of carbonyl (C=O) groups excluding carboxylic acids is 1. The van der Waals surface area contributed by atoms with Crippen molar-refractivity contribution in [2.45, 2.75) is 69.2 Å². The number of rotatable bonds is 5. The van der Waals surface area contributed by atoms with Crippen molar-refractivity contribution in [1.82, 2.24) is 4.90 Å². The molecule has 0 aromatic heterocycles. The summed E-state index contributed by atoms with van der Waals surface area (Å²) < 4.78 is 5.16. The fourth-order valence-corrected chi connectivity index (χ4v) is 5.11. The van der Waals surface area contributed by atoms with Crippen LogP contribution in [0, 0.1) is 0 Å². The van der Waals surface area contributed by atoms with Gasteiger partial charge in [0.25, 0.3) is 0 Å². The molecule has 3 rings (SSSR count). The van der Waals surface area contributed by atoms with E-state index in [1.807, 2.05) is 36.0 Å². The van der Waals surface area contributed by atoms with Gasteiger partial charge in [-0.05, 0) is 37.1 Å². The van der Waals surface area contributed by atoms with Crippen LogP contribution in [-0.2, 0) is 4.79 Å². The van der Waals surface area contributed by atoms with Crippen molar-refractivity contribution in [2.24, 2.45) is 4.99 Å². The Labute approximate surface area is 166 Å². The molecule has 1 aliphatic carbocycles. The van der Waals surface area contributed by atoms with Crippen LogP contribution < -0.4 is 10.1 Å². The molecule has 0 radical (unpaired) electrons. The molecular formula is C21H31N3O2S. The lowest BCUT2D eigenvalue weighted by molar-refractivity contribution is -0.117. The Bertz CT molecular complexity index is 654. The standard InChI is InChI=1S/C21H31N3O2S/c1-15-19(14-20(25)22-17-10-12-18(26-3)13-11-17)24(2)21(27-15)23-16-8-6-4-5-7-9-16/h10-13,15-16,19H,4-9,14H2,1-3H3,(H,22,25)/b23-21-. The summed E-state index contributed by atoms with van der Waals surface area (Å²) in [5, 5.41) is 4.47. The zero-order chi connectivity index (χ0) is 19.2. The summed E-state index contributed by atoms with van der Waals surface area (Å²) in [6, 6.07) is 8.08. The van der Waals surface area contributed by atoms with Crippen LogP contribution in [0.4, 0.5) is 5.69 Å². The maximum Gasteiger partial charge on any atom is 0.226 e. The molecule has 2 atom stereocenters. The van der Waals surface area contributed by atoms with Crippen molar-refractivity contribution < 1.29 is 9.53 Å². The molecular weight excluding hydrogens is 358 g/mol. The van der Waals surface area contributed by atoms with Crippen LogP contribution in [-0.4, -0.2) is 47.5 Å². The van der Waals surface area contributed by atoms with Gasteiger partial charge in [0.05, 0.1) is 19.2 Å². The summed E-state index contributed by atoms with van der Waals surface area (Å²) in [6.07, 6.45) is 8.14. The Morgan fingerprint density at radius 1 is 1.22 bits per heavy atom. The van der Waals surface area contributed by atoms with Gasteiger partial charge in [0, 0.05) is 24.4 Å². The van der Waals surface area contributed by atoms with Gasteiger partial charge in [0.15, 0.2) is 5.17 Å². The molecule has 1 N–H and O–H groups in total. The molecule has 27 heavy (non-hydrogen) atoms. The van der Waals surface area contributed by atoms with E-state index < -0.39 is 0 Å². The maximum absolute atomic E-state index is 12.5. The Morgan fingerprint density at radius 2 is 1.89 bits per heavy atom. The molecule has 6 heteroatoms. The number of nitrogens with zero attached hydrogens (tertiary/aromatic N) is 2. The zero-order valence-corrected chi connectivity index (χ0v) is 17.4. The molecule has 2 unspecified atom stereocenters. The first-order valence-electron chi connectivity index (χ1n) is 9.98. The SMILES string of the molecule is COc1ccc(NC(=O)CC2C(C)S/C(=N\C3CCCCCC3)N2C)cc1. The number of amides is 1. The number of hydrogen-bond acceptors (Lipinski definition) is 4. The van der Waals surface area contributed by atoms with Gasteiger partial charge in [-0.2, -0.15) is 0 Å². The minimum absolute atomic E-state index is 0.0418. The number of nitrogens with one attached hydrogen (secondary N) is 1. The number of ether oxygens (including phenoxy) is 1. The predicted molar refractivity (Wildman–Crippen MR) is 114 cm³/mol. The van der Waals surface area contributed by atoms with Crippen LogP contribution in [0.1, 0.15) is 51.9 Å². The lowest BCUT2D eigenvalue weighted by atomic mass is 10.1. The number of aliphatic imine (C=N–C) groups is 1. The average molecular weight is 390 g/mol. The highest BCUT2D eigenvalue weighted by Crippen LogP contribution is 2.33. The van der Waals surface area contributed by atoms with Crippen LogP contribution >= 0.6 is 11.8 Å². The van der Waals surface area contributed by atoms with E-state index in [-0.39, 0.29) is 11.9 Å². The third-order valence-corrected chi connectivity index (χ3v) is 6.81. The highest BCUT2D eigenvalue weighted by molar-refractivity contribution is 8.14. The minimum atomic E-state index is 0.0418. The van der Waals surface area contributed by atoms with Crippen LogP contribution in [0.5, 0.6) is 5.75 Å². The number of methoxy groups -OCH3 is 1. The number of benzene rings is 1. The van der Waals surface area contributed by atoms with Gasteiger partial charge in [-0.25, -0.2) is 0 Å². The summed E-state index contributed by atoms with van der Waals surface area (Å²) in [4.78, 5) is 19.8. The Balaban J connectivity index is 1.58. The van der Waals surface area contributed by atoms with Crippen LogP contribution in [0.3, 0.4) is 0 Å². The second-order valence-electron chi connectivity index (χ2n) is 7.54. The molecule has 1 aromatic rings. The molecule has 0 bridgehead atoms. The highest BCUT2D eigenvalue weighted by atomic mass is 32.2. The fraction of sp³-hybridized carbons (Fsp3) is 0.619. The first-order chi connectivity index (χ1) is 13.1. The molecule has 0 spiro atoms. The zero-order valence-electron chi connectivity index (χ0n) is 16.6. The van der Waals surface area contributed by atoms with Gasteiger partial charge >= 0.3 is 0 Å². The molecule has 148 valence electrons. The largest absolute Gasteiger partial charge is 0.497 e. The van der Waals surface area contributed by atoms with E-state index in [1.165, 1.54) is 38.5 Å². The lowest BCUT2D eigenvalue weighted by Gasteiger charge is -2.23. The van der Waals surface area contributed by atoms with E-state index in [0.29, 0.717) is 17.7 Å². The number of hydrogen-bond donors (Lipinski definition) is 1. The van der Waals surface area contributed by atoms with Gasteiger partial charge in [-0.3, -0.25) is 9.79 Å². The van der Waals surface area contributed by atoms with Gasteiger partial charge in [-0.1, -0.05) is 44.4 Å². The Kier molecular flexibility index (Phi) is 7.05. The maximum atomic E-state index is 12.5.